The van der Waals surface area contributed by atoms with Crippen molar-refractivity contribution in [1.82, 2.24) is 10.6 Å². The summed E-state index contributed by atoms with van der Waals surface area (Å²) < 4.78 is 5.60. The van der Waals surface area contributed by atoms with Gasteiger partial charge in [0.25, 0.3) is 0 Å². The number of nitrogens with one attached hydrogen (secondary N) is 2. The van der Waals surface area contributed by atoms with Crippen molar-refractivity contribution in [2.75, 3.05) is 13.2 Å². The first-order valence-electron chi connectivity index (χ1n) is 12.1. The minimum absolute atomic E-state index is 0.0230. The highest BCUT2D eigenvalue weighted by Crippen LogP contribution is 2.44. The number of hydrogen-bond acceptors (Lipinski definition) is 4. The van der Waals surface area contributed by atoms with E-state index in [4.69, 9.17) is 9.84 Å². The Bertz CT molecular complexity index is 1000. The molecule has 2 aromatic carbocycles. The Hall–Kier alpha value is -3.35. The van der Waals surface area contributed by atoms with Crippen molar-refractivity contribution >= 4 is 18.0 Å². The zero-order valence-electron chi connectivity index (χ0n) is 19.5. The molecule has 3 N–H and O–H groups in total. The highest BCUT2D eigenvalue weighted by molar-refractivity contribution is 5.81. The van der Waals surface area contributed by atoms with Crippen LogP contribution in [0.15, 0.2) is 48.5 Å². The average molecular weight is 465 g/mol. The molecule has 1 fully saturated rings. The number of ether oxygens (including phenoxy) is 1. The zero-order valence-corrected chi connectivity index (χ0v) is 19.5. The summed E-state index contributed by atoms with van der Waals surface area (Å²) in [6.07, 6.45) is 2.80. The van der Waals surface area contributed by atoms with Crippen LogP contribution in [0.3, 0.4) is 0 Å². The summed E-state index contributed by atoms with van der Waals surface area (Å²) >= 11 is 0. The lowest BCUT2D eigenvalue weighted by Gasteiger charge is -2.33. The summed E-state index contributed by atoms with van der Waals surface area (Å²) in [5.41, 5.74) is 4.63. The topological polar surface area (TPSA) is 105 Å². The van der Waals surface area contributed by atoms with Gasteiger partial charge < -0.3 is 20.5 Å². The molecule has 2 aliphatic carbocycles. The smallest absolute Gasteiger partial charge is 0.407 e. The fourth-order valence-corrected chi connectivity index (χ4v) is 4.97. The maximum Gasteiger partial charge on any atom is 0.407 e. The van der Waals surface area contributed by atoms with Gasteiger partial charge >= 0.3 is 12.1 Å². The molecule has 0 bridgehead atoms. The molecular weight excluding hydrogens is 432 g/mol. The number of alkyl carbamates (subject to hydrolysis) is 1. The van der Waals surface area contributed by atoms with Crippen LogP contribution >= 0.6 is 0 Å². The molecule has 2 amide bonds. The van der Waals surface area contributed by atoms with Gasteiger partial charge in [0.1, 0.15) is 6.61 Å². The monoisotopic (exact) mass is 464 g/mol. The second-order valence-electron chi connectivity index (χ2n) is 9.22. The molecule has 2 aromatic rings. The summed E-state index contributed by atoms with van der Waals surface area (Å²) in [5.74, 6) is -1.36. The summed E-state index contributed by atoms with van der Waals surface area (Å²) in [6, 6.07) is 15.9. The lowest BCUT2D eigenvalue weighted by Crippen LogP contribution is -2.47. The van der Waals surface area contributed by atoms with E-state index in [1.165, 1.54) is 11.1 Å². The van der Waals surface area contributed by atoms with Crippen molar-refractivity contribution in [3.63, 3.8) is 0 Å². The quantitative estimate of drug-likeness (QED) is 0.486. The number of carboxylic acids is 1. The standard InChI is InChI=1S/C27H32N2O5/c1-2-18(14-25(30)31)29-26(32)23(17-8-7-9-17)15-28-27(33)34-16-24-21-12-5-3-10-19(21)20-11-4-6-13-22(20)24/h3-6,10-13,17-18,23-24H,2,7-9,14-16H2,1H3,(H,28,33)(H,29,32)(H,30,31)/t18-,23?/m1/s1. The third-order valence-corrected chi connectivity index (χ3v) is 7.13. The fraction of sp³-hybridized carbons (Fsp3) is 0.444. The number of aliphatic carboxylic acids is 1. The molecule has 7 nitrogen and oxygen atoms in total. The van der Waals surface area contributed by atoms with E-state index in [0.717, 1.165) is 30.4 Å². The molecule has 0 aromatic heterocycles. The number of carbonyl (C=O) groups is 3. The maximum atomic E-state index is 12.9. The van der Waals surface area contributed by atoms with Gasteiger partial charge in [-0.15, -0.1) is 0 Å². The number of amides is 2. The normalized spacial score (nSPS) is 16.5. The van der Waals surface area contributed by atoms with Crippen molar-refractivity contribution in [2.45, 2.75) is 51.0 Å². The predicted octanol–water partition coefficient (Wildman–Crippen LogP) is 4.31. The van der Waals surface area contributed by atoms with Gasteiger partial charge in [-0.1, -0.05) is 61.9 Å². The molecule has 0 radical (unpaired) electrons. The highest BCUT2D eigenvalue weighted by atomic mass is 16.5. The molecule has 0 saturated heterocycles. The van der Waals surface area contributed by atoms with Crippen molar-refractivity contribution < 1.29 is 24.2 Å². The molecule has 0 spiro atoms. The number of rotatable bonds is 10. The number of fused-ring (bicyclic) bond motifs is 3. The van der Waals surface area contributed by atoms with Gasteiger partial charge in [0.15, 0.2) is 0 Å². The molecule has 1 unspecified atom stereocenters. The molecule has 7 heteroatoms. The van der Waals surface area contributed by atoms with Crippen molar-refractivity contribution in [3.05, 3.63) is 59.7 Å². The first kappa shape index (κ1) is 23.8. The number of carbonyl (C=O) groups excluding carboxylic acids is 2. The second-order valence-corrected chi connectivity index (χ2v) is 9.22. The predicted molar refractivity (Wildman–Crippen MR) is 128 cm³/mol. The van der Waals surface area contributed by atoms with Crippen molar-refractivity contribution in [1.29, 1.82) is 0 Å². The lowest BCUT2D eigenvalue weighted by atomic mass is 9.75. The first-order valence-corrected chi connectivity index (χ1v) is 12.1. The SMILES string of the molecule is CC[C@H](CC(=O)O)NC(=O)C(CNC(=O)OCC1c2ccccc2-c2ccccc21)C1CCC1. The van der Waals surface area contributed by atoms with Gasteiger partial charge in [0, 0.05) is 18.5 Å². The van der Waals surface area contributed by atoms with Crippen LogP contribution in [-0.4, -0.2) is 42.3 Å². The van der Waals surface area contributed by atoms with Gasteiger partial charge in [-0.3, -0.25) is 9.59 Å². The molecular formula is C27H32N2O5. The highest BCUT2D eigenvalue weighted by Gasteiger charge is 2.34. The zero-order chi connectivity index (χ0) is 24.1. The van der Waals surface area contributed by atoms with Crippen LogP contribution in [0.25, 0.3) is 11.1 Å². The van der Waals surface area contributed by atoms with Crippen LogP contribution in [0.5, 0.6) is 0 Å². The summed E-state index contributed by atoms with van der Waals surface area (Å²) in [7, 11) is 0. The minimum atomic E-state index is -0.941. The minimum Gasteiger partial charge on any atom is -0.481 e. The van der Waals surface area contributed by atoms with Gasteiger partial charge in [-0.05, 0) is 47.4 Å². The van der Waals surface area contributed by atoms with Gasteiger partial charge in [-0.25, -0.2) is 4.79 Å². The third kappa shape index (κ3) is 5.24. The van der Waals surface area contributed by atoms with E-state index in [1.54, 1.807) is 0 Å². The fourth-order valence-electron chi connectivity index (χ4n) is 4.97. The molecule has 2 aliphatic rings. The maximum absolute atomic E-state index is 12.9. The summed E-state index contributed by atoms with van der Waals surface area (Å²) in [4.78, 5) is 36.5. The molecule has 4 rings (SSSR count). The van der Waals surface area contributed by atoms with E-state index in [9.17, 15) is 14.4 Å². The summed E-state index contributed by atoms with van der Waals surface area (Å²) in [6.45, 7) is 2.24. The van der Waals surface area contributed by atoms with Crippen molar-refractivity contribution in [2.24, 2.45) is 11.8 Å². The largest absolute Gasteiger partial charge is 0.481 e. The molecule has 34 heavy (non-hydrogen) atoms. The Morgan fingerprint density at radius 1 is 1.03 bits per heavy atom. The van der Waals surface area contributed by atoms with Crippen LogP contribution in [-0.2, 0) is 14.3 Å². The Kier molecular flexibility index (Phi) is 7.50. The Morgan fingerprint density at radius 3 is 2.18 bits per heavy atom. The van der Waals surface area contributed by atoms with Gasteiger partial charge in [0.2, 0.25) is 5.91 Å². The number of carboxylic acid groups (broad SMARTS) is 1. The van der Waals surface area contributed by atoms with E-state index in [0.29, 0.717) is 6.42 Å². The molecule has 2 atom stereocenters. The Balaban J connectivity index is 1.34. The molecule has 180 valence electrons. The third-order valence-electron chi connectivity index (χ3n) is 7.13. The summed E-state index contributed by atoms with van der Waals surface area (Å²) in [5, 5.41) is 14.7. The Labute approximate surface area is 199 Å². The second kappa shape index (κ2) is 10.7. The van der Waals surface area contributed by atoms with E-state index in [1.807, 2.05) is 31.2 Å². The lowest BCUT2D eigenvalue weighted by molar-refractivity contribution is -0.138. The van der Waals surface area contributed by atoms with Crippen LogP contribution in [0, 0.1) is 11.8 Å². The molecule has 1 saturated carbocycles. The van der Waals surface area contributed by atoms with E-state index in [-0.39, 0.29) is 37.3 Å². The van der Waals surface area contributed by atoms with Crippen LogP contribution < -0.4 is 10.6 Å². The van der Waals surface area contributed by atoms with E-state index in [2.05, 4.69) is 34.9 Å². The molecule has 0 aliphatic heterocycles. The van der Waals surface area contributed by atoms with Gasteiger partial charge in [0.05, 0.1) is 12.3 Å². The average Bonchev–Trinajstić information content (AvgIpc) is 3.12. The van der Waals surface area contributed by atoms with Crippen molar-refractivity contribution in [3.8, 4) is 11.1 Å². The number of hydrogen-bond donors (Lipinski definition) is 3. The Morgan fingerprint density at radius 2 is 1.65 bits per heavy atom. The first-order chi connectivity index (χ1) is 16.5. The van der Waals surface area contributed by atoms with Crippen LogP contribution in [0.4, 0.5) is 4.79 Å². The van der Waals surface area contributed by atoms with Gasteiger partial charge in [-0.2, -0.15) is 0 Å². The molecule has 0 heterocycles. The van der Waals surface area contributed by atoms with E-state index >= 15 is 0 Å². The van der Waals surface area contributed by atoms with Crippen LogP contribution in [0.1, 0.15) is 56.1 Å². The van der Waals surface area contributed by atoms with E-state index < -0.39 is 24.0 Å². The van der Waals surface area contributed by atoms with Crippen LogP contribution in [0.2, 0.25) is 0 Å². The number of benzene rings is 2.